The van der Waals surface area contributed by atoms with Crippen LogP contribution in [-0.2, 0) is 36.6 Å². The Morgan fingerprint density at radius 1 is 0.614 bits per heavy atom. The molecule has 3 aliphatic heterocycles. The van der Waals surface area contributed by atoms with Crippen molar-refractivity contribution in [2.45, 2.75) is 169 Å². The van der Waals surface area contributed by atoms with E-state index in [0.717, 1.165) is 78.9 Å². The highest BCUT2D eigenvalue weighted by atomic mass is 79.9. The Morgan fingerprint density at radius 3 is 1.64 bits per heavy atom. The normalized spacial score (nSPS) is 16.8. The highest BCUT2D eigenvalue weighted by Gasteiger charge is 2.35. The van der Waals surface area contributed by atoms with Crippen LogP contribution >= 0.6 is 31.9 Å². The highest BCUT2D eigenvalue weighted by molar-refractivity contribution is 9.11. The maximum absolute atomic E-state index is 13.6. The van der Waals surface area contributed by atoms with Gasteiger partial charge in [-0.05, 0) is 229 Å². The molecule has 5 amide bonds. The zero-order valence-corrected chi connectivity index (χ0v) is 55.3. The summed E-state index contributed by atoms with van der Waals surface area (Å²) in [5.74, 6) is -1.98. The molecule has 22 heteroatoms. The van der Waals surface area contributed by atoms with Gasteiger partial charge in [-0.15, -0.1) is 0 Å². The molecule has 6 aromatic rings. The highest BCUT2D eigenvalue weighted by Crippen LogP contribution is 2.32. The van der Waals surface area contributed by atoms with Crippen LogP contribution in [0.4, 0.5) is 43.3 Å². The molecule has 3 fully saturated rings. The first kappa shape index (κ1) is 69.9. The lowest BCUT2D eigenvalue weighted by Crippen LogP contribution is -2.40. The van der Waals surface area contributed by atoms with Gasteiger partial charge in [0, 0.05) is 96.7 Å². The van der Waals surface area contributed by atoms with Crippen molar-refractivity contribution in [1.82, 2.24) is 24.3 Å². The number of anilines is 2. The first-order chi connectivity index (χ1) is 41.2. The number of H-pyrrole nitrogens is 1. The molecule has 2 N–H and O–H groups in total. The molecule has 2 aromatic heterocycles. The maximum atomic E-state index is 13.6. The SMILES string of the molecule is CC(=O)N(C/C=C/[C@@H]1CCCN1C(=O)OC(C)(C)C)c1cc(F)ccc1Br.CC(=O)Nc1cc(F)ccc1Br.CC(=O)n1cc(C[C@@H]2CCCN2C(=O)OC(C)(C)C)c2ccc(F)cc21.CC(C)(C)OC(=O)N1CCC[C@H]1Cc1c[nH]c2cc(F)ccc12. The Balaban J connectivity index is 0.000000193. The largest absolute Gasteiger partial charge is 0.444 e. The van der Waals surface area contributed by atoms with Crippen LogP contribution in [-0.4, -0.2) is 121 Å². The quantitative estimate of drug-likeness (QED) is 0.0810. The first-order valence-electron chi connectivity index (χ1n) is 29.3. The number of hydrogen-bond acceptors (Lipinski definition) is 9. The molecule has 0 unspecified atom stereocenters. The third kappa shape index (κ3) is 20.4. The number of halogens is 6. The summed E-state index contributed by atoms with van der Waals surface area (Å²) >= 11 is 6.54. The van der Waals surface area contributed by atoms with E-state index in [0.29, 0.717) is 45.3 Å². The van der Waals surface area contributed by atoms with Gasteiger partial charge in [-0.1, -0.05) is 12.2 Å². The van der Waals surface area contributed by atoms with Crippen LogP contribution in [0.15, 0.2) is 106 Å². The number of nitrogens with one attached hydrogen (secondary N) is 2. The van der Waals surface area contributed by atoms with Crippen molar-refractivity contribution in [3.05, 3.63) is 141 Å². The fourth-order valence-electron chi connectivity index (χ4n) is 10.5. The summed E-state index contributed by atoms with van der Waals surface area (Å²) in [6.45, 7) is 23.3. The number of carbonyl (C=O) groups is 6. The molecule has 3 aliphatic rings. The van der Waals surface area contributed by atoms with Gasteiger partial charge in [0.2, 0.25) is 17.7 Å². The lowest BCUT2D eigenvalue weighted by Gasteiger charge is -2.28. The monoisotopic (exact) mass is 1350 g/mol. The van der Waals surface area contributed by atoms with Crippen LogP contribution in [0.1, 0.15) is 138 Å². The van der Waals surface area contributed by atoms with E-state index in [2.05, 4.69) is 42.2 Å². The third-order valence-electron chi connectivity index (χ3n) is 14.2. The number of benzene rings is 4. The smallest absolute Gasteiger partial charge is 0.410 e. The summed E-state index contributed by atoms with van der Waals surface area (Å²) in [5, 5.41) is 4.35. The maximum Gasteiger partial charge on any atom is 0.410 e. The molecule has 0 saturated carbocycles. The van der Waals surface area contributed by atoms with E-state index in [-0.39, 0.29) is 78.1 Å². The molecule has 0 spiro atoms. The van der Waals surface area contributed by atoms with Gasteiger partial charge in [0.1, 0.15) is 40.1 Å². The number of aromatic amines is 1. The van der Waals surface area contributed by atoms with E-state index < -0.39 is 22.6 Å². The summed E-state index contributed by atoms with van der Waals surface area (Å²) in [4.78, 5) is 81.6. The van der Waals surface area contributed by atoms with Crippen LogP contribution in [0, 0.1) is 23.3 Å². The number of rotatable bonds is 9. The fraction of sp³-hybridized carbons (Fsp3) is 0.455. The molecule has 16 nitrogen and oxygen atoms in total. The van der Waals surface area contributed by atoms with E-state index >= 15 is 0 Å². The van der Waals surface area contributed by atoms with E-state index in [1.165, 1.54) is 78.8 Å². The van der Waals surface area contributed by atoms with Crippen molar-refractivity contribution in [3.8, 4) is 0 Å². The minimum atomic E-state index is -0.539. The number of fused-ring (bicyclic) bond motifs is 2. The molecular formula is C66H81Br2F4N7O9. The molecule has 0 aliphatic carbocycles. The average molecular weight is 1350 g/mol. The van der Waals surface area contributed by atoms with E-state index in [1.54, 1.807) is 40.3 Å². The molecule has 9 rings (SSSR count). The summed E-state index contributed by atoms with van der Waals surface area (Å²) in [6.07, 6.45) is 13.4. The Bertz CT molecular complexity index is 3500. The zero-order chi connectivity index (χ0) is 65.0. The van der Waals surface area contributed by atoms with Gasteiger partial charge >= 0.3 is 18.3 Å². The Kier molecular flexibility index (Phi) is 24.1. The van der Waals surface area contributed by atoms with E-state index in [9.17, 15) is 46.3 Å². The Morgan fingerprint density at radius 2 is 1.09 bits per heavy atom. The Labute approximate surface area is 529 Å². The van der Waals surface area contributed by atoms with E-state index in [4.69, 9.17) is 14.2 Å². The predicted octanol–water partition coefficient (Wildman–Crippen LogP) is 16.1. The zero-order valence-electron chi connectivity index (χ0n) is 52.1. The minimum Gasteiger partial charge on any atom is -0.444 e. The summed E-state index contributed by atoms with van der Waals surface area (Å²) in [6, 6.07) is 17.7. The van der Waals surface area contributed by atoms with E-state index in [1.807, 2.05) is 85.6 Å². The van der Waals surface area contributed by atoms with Crippen LogP contribution in [0.25, 0.3) is 21.8 Å². The fourth-order valence-corrected chi connectivity index (χ4v) is 11.3. The number of ether oxygens (including phenoxy) is 3. The van der Waals surface area contributed by atoms with Gasteiger partial charge in [-0.25, -0.2) is 31.9 Å². The summed E-state index contributed by atoms with van der Waals surface area (Å²) in [7, 11) is 0. The summed E-state index contributed by atoms with van der Waals surface area (Å²) in [5.41, 5.74) is 2.77. The van der Waals surface area contributed by atoms with Crippen molar-refractivity contribution in [3.63, 3.8) is 0 Å². The number of likely N-dealkylation sites (tertiary alicyclic amines) is 3. The number of carbonyl (C=O) groups excluding carboxylic acids is 6. The van der Waals surface area contributed by atoms with Gasteiger partial charge in [0.25, 0.3) is 0 Å². The lowest BCUT2D eigenvalue weighted by molar-refractivity contribution is -0.116. The van der Waals surface area contributed by atoms with Crippen molar-refractivity contribution >= 4 is 101 Å². The average Bonchev–Trinajstić information content (AvgIpc) is 2.60. The third-order valence-corrected chi connectivity index (χ3v) is 15.6. The number of aromatic nitrogens is 2. The van der Waals surface area contributed by atoms with Crippen molar-refractivity contribution in [1.29, 1.82) is 0 Å². The molecule has 476 valence electrons. The van der Waals surface area contributed by atoms with Crippen molar-refractivity contribution in [2.75, 3.05) is 36.4 Å². The van der Waals surface area contributed by atoms with Crippen LogP contribution < -0.4 is 10.2 Å². The van der Waals surface area contributed by atoms with Gasteiger partial charge in [0.15, 0.2) is 0 Å². The molecule has 88 heavy (non-hydrogen) atoms. The second kappa shape index (κ2) is 30.3. The topological polar surface area (TPSA) is 176 Å². The molecular weight excluding hydrogens is 1270 g/mol. The van der Waals surface area contributed by atoms with Gasteiger partial charge in [-0.2, -0.15) is 0 Å². The Hall–Kier alpha value is -7.20. The van der Waals surface area contributed by atoms with Crippen molar-refractivity contribution < 1.29 is 60.5 Å². The molecule has 4 aromatic carbocycles. The minimum absolute atomic E-state index is 0.0147. The van der Waals surface area contributed by atoms with Gasteiger partial charge in [-0.3, -0.25) is 19.0 Å². The van der Waals surface area contributed by atoms with Gasteiger partial charge in [0.05, 0.1) is 22.9 Å². The second-order valence-electron chi connectivity index (χ2n) is 24.9. The van der Waals surface area contributed by atoms with Crippen LogP contribution in [0.3, 0.4) is 0 Å². The molecule has 0 bridgehead atoms. The molecule has 3 atom stereocenters. The molecule has 0 radical (unpaired) electrons. The first-order valence-corrected chi connectivity index (χ1v) is 30.9. The van der Waals surface area contributed by atoms with Crippen molar-refractivity contribution in [2.24, 2.45) is 0 Å². The standard InChI is InChI=1S/C20H26BrFN2O3.C20H25FN2O3.C18H23FN2O2.C8H7BrFNO/c1-14(25)23(18-13-15(22)9-10-17(18)21)11-5-7-16-8-6-12-24(16)19(26)27-20(2,3)4;1-13(24)23-12-14(17-8-7-15(21)11-18(17)23)10-16-6-5-9-22(16)19(25)26-20(2,3)4;1-18(2,3)23-17(22)21-8-4-5-14(21)9-12-11-20-16-10-13(19)6-7-15(12)16;1-5(12)11-8-4-6(10)2-3-7(8)9/h5,7,9-10,13,16H,6,8,11-12H2,1-4H3;7-8,11-12,16H,5-6,9-10H2,1-4H3;6-7,10-11,14,20H,4-5,8-9H2,1-3H3;2-4H,1H3,(H,11,12)/b7-5+;;;/t2*16-;14-;/m100./s1. The lowest BCUT2D eigenvalue weighted by atomic mass is 10.0. The number of nitrogens with zero attached hydrogens (tertiary/aromatic N) is 5. The second-order valence-corrected chi connectivity index (χ2v) is 26.6. The number of hydrogen-bond donors (Lipinski definition) is 2. The van der Waals surface area contributed by atoms with Gasteiger partial charge < -0.3 is 44.1 Å². The number of amides is 5. The van der Waals surface area contributed by atoms with Crippen LogP contribution in [0.5, 0.6) is 0 Å². The van der Waals surface area contributed by atoms with Crippen LogP contribution in [0.2, 0.25) is 0 Å². The molecule has 3 saturated heterocycles. The molecule has 5 heterocycles. The summed E-state index contributed by atoms with van der Waals surface area (Å²) < 4.78 is 72.4. The predicted molar refractivity (Wildman–Crippen MR) is 341 cm³/mol.